The van der Waals surface area contributed by atoms with Crippen molar-refractivity contribution in [2.75, 3.05) is 26.7 Å². The maximum absolute atomic E-state index is 13.0. The van der Waals surface area contributed by atoms with E-state index in [0.29, 0.717) is 12.6 Å². The highest BCUT2D eigenvalue weighted by atomic mass is 35.5. The maximum atomic E-state index is 13.0. The van der Waals surface area contributed by atoms with Crippen LogP contribution in [0.25, 0.3) is 0 Å². The van der Waals surface area contributed by atoms with Gasteiger partial charge in [0.2, 0.25) is 5.91 Å². The van der Waals surface area contributed by atoms with Crippen LogP contribution in [0.5, 0.6) is 0 Å². The van der Waals surface area contributed by atoms with Gasteiger partial charge in [-0.05, 0) is 19.9 Å². The quantitative estimate of drug-likeness (QED) is 0.788. The largest absolute Gasteiger partial charge is 0.353 e. The van der Waals surface area contributed by atoms with E-state index in [-0.39, 0.29) is 30.7 Å². The minimum atomic E-state index is -2.75. The van der Waals surface area contributed by atoms with Crippen LogP contribution in [0.1, 0.15) is 38.5 Å². The topological polar surface area (TPSA) is 44.4 Å². The molecule has 1 unspecified atom stereocenters. The van der Waals surface area contributed by atoms with Crippen molar-refractivity contribution in [2.24, 2.45) is 0 Å². The summed E-state index contributed by atoms with van der Waals surface area (Å²) in [5.41, 5.74) is 0. The molecule has 1 saturated heterocycles. The molecule has 0 spiro atoms. The van der Waals surface area contributed by atoms with Gasteiger partial charge in [0.05, 0.1) is 12.6 Å². The third-order valence-electron chi connectivity index (χ3n) is 4.39. The summed E-state index contributed by atoms with van der Waals surface area (Å²) in [6, 6.07) is -0.139. The summed E-state index contributed by atoms with van der Waals surface area (Å²) in [6.45, 7) is 0.905. The molecule has 1 atom stereocenters. The standard InChI is InChI=1S/C14H25F2N3O.2ClH/c1-19(11-5-3-2-4-6-11)8-7-17-13(20)12-9-14(15,16)10-18-12;;/h11-12,18H,2-10H2,1H3,(H,17,20);2*1H. The fourth-order valence-electron chi connectivity index (χ4n) is 3.08. The molecule has 1 saturated carbocycles. The average Bonchev–Trinajstić information content (AvgIpc) is 2.80. The molecule has 2 N–H and O–H groups in total. The molecule has 1 heterocycles. The Hall–Kier alpha value is -0.170. The highest BCUT2D eigenvalue weighted by molar-refractivity contribution is 5.85. The lowest BCUT2D eigenvalue weighted by molar-refractivity contribution is -0.123. The molecule has 0 bridgehead atoms. The second-order valence-electron chi connectivity index (χ2n) is 6.06. The van der Waals surface area contributed by atoms with Crippen LogP contribution >= 0.6 is 24.8 Å². The number of halogens is 4. The van der Waals surface area contributed by atoms with Gasteiger partial charge in [-0.3, -0.25) is 10.1 Å². The molecule has 132 valence electrons. The Balaban J connectivity index is 0.00000220. The number of alkyl halides is 2. The number of hydrogen-bond acceptors (Lipinski definition) is 3. The second kappa shape index (κ2) is 9.85. The molecular weight excluding hydrogens is 335 g/mol. The Morgan fingerprint density at radius 2 is 1.91 bits per heavy atom. The van der Waals surface area contributed by atoms with Gasteiger partial charge in [0, 0.05) is 25.6 Å². The predicted molar refractivity (Wildman–Crippen MR) is 88.4 cm³/mol. The molecule has 1 amide bonds. The van der Waals surface area contributed by atoms with Crippen LogP contribution in [0, 0.1) is 0 Å². The van der Waals surface area contributed by atoms with Crippen LogP contribution in [0.2, 0.25) is 0 Å². The summed E-state index contributed by atoms with van der Waals surface area (Å²) in [6.07, 6.45) is 5.94. The first-order valence-electron chi connectivity index (χ1n) is 7.57. The zero-order valence-corrected chi connectivity index (χ0v) is 14.6. The number of nitrogens with zero attached hydrogens (tertiary/aromatic N) is 1. The van der Waals surface area contributed by atoms with Gasteiger partial charge >= 0.3 is 0 Å². The lowest BCUT2D eigenvalue weighted by Gasteiger charge is -2.31. The van der Waals surface area contributed by atoms with Crippen LogP contribution in [0.3, 0.4) is 0 Å². The summed E-state index contributed by atoms with van der Waals surface area (Å²) in [4.78, 5) is 14.0. The minimum Gasteiger partial charge on any atom is -0.353 e. The number of likely N-dealkylation sites (N-methyl/N-ethyl adjacent to an activating group) is 1. The Labute approximate surface area is 143 Å². The van der Waals surface area contributed by atoms with E-state index in [4.69, 9.17) is 0 Å². The Bertz CT molecular complexity index is 342. The van der Waals surface area contributed by atoms with Gasteiger partial charge in [0.25, 0.3) is 5.92 Å². The first-order chi connectivity index (χ1) is 9.48. The van der Waals surface area contributed by atoms with Gasteiger partial charge in [0.15, 0.2) is 0 Å². The zero-order chi connectivity index (χ0) is 14.6. The normalized spacial score (nSPS) is 24.5. The summed E-state index contributed by atoms with van der Waals surface area (Å²) >= 11 is 0. The van der Waals surface area contributed by atoms with E-state index >= 15 is 0 Å². The van der Waals surface area contributed by atoms with Crippen molar-refractivity contribution in [3.63, 3.8) is 0 Å². The van der Waals surface area contributed by atoms with E-state index in [2.05, 4.69) is 22.6 Å². The van der Waals surface area contributed by atoms with Crippen LogP contribution in [0.4, 0.5) is 8.78 Å². The first kappa shape index (κ1) is 21.8. The fourth-order valence-corrected chi connectivity index (χ4v) is 3.08. The molecule has 22 heavy (non-hydrogen) atoms. The van der Waals surface area contributed by atoms with Crippen LogP contribution in [0.15, 0.2) is 0 Å². The zero-order valence-electron chi connectivity index (χ0n) is 12.9. The second-order valence-corrected chi connectivity index (χ2v) is 6.06. The monoisotopic (exact) mass is 361 g/mol. The summed E-state index contributed by atoms with van der Waals surface area (Å²) in [7, 11) is 2.07. The summed E-state index contributed by atoms with van der Waals surface area (Å²) < 4.78 is 26.0. The molecule has 8 heteroatoms. The summed E-state index contributed by atoms with van der Waals surface area (Å²) in [5, 5.41) is 5.33. The molecule has 0 aromatic carbocycles. The highest BCUT2D eigenvalue weighted by Gasteiger charge is 2.42. The van der Waals surface area contributed by atoms with Crippen molar-refractivity contribution in [3.8, 4) is 0 Å². The molecule has 4 nitrogen and oxygen atoms in total. The number of carbonyl (C=O) groups excluding carboxylic acids is 1. The molecule has 0 radical (unpaired) electrons. The molecule has 1 aliphatic carbocycles. The highest BCUT2D eigenvalue weighted by Crippen LogP contribution is 2.25. The number of amides is 1. The van der Waals surface area contributed by atoms with Crippen molar-refractivity contribution >= 4 is 30.7 Å². The predicted octanol–water partition coefficient (Wildman–Crippen LogP) is 2.21. The number of hydrogen-bond donors (Lipinski definition) is 2. The van der Waals surface area contributed by atoms with Gasteiger partial charge in [-0.1, -0.05) is 19.3 Å². The molecule has 0 aromatic rings. The fraction of sp³-hybridized carbons (Fsp3) is 0.929. The minimum absolute atomic E-state index is 0. The molecule has 0 aromatic heterocycles. The van der Waals surface area contributed by atoms with E-state index < -0.39 is 24.9 Å². The van der Waals surface area contributed by atoms with Crippen LogP contribution < -0.4 is 10.6 Å². The third kappa shape index (κ3) is 6.52. The van der Waals surface area contributed by atoms with Gasteiger partial charge in [-0.2, -0.15) is 0 Å². The maximum Gasteiger partial charge on any atom is 0.262 e. The third-order valence-corrected chi connectivity index (χ3v) is 4.39. The molecular formula is C14H27Cl2F2N3O. The van der Waals surface area contributed by atoms with Crippen molar-refractivity contribution in [1.82, 2.24) is 15.5 Å². The van der Waals surface area contributed by atoms with Gasteiger partial charge in [0.1, 0.15) is 0 Å². The van der Waals surface area contributed by atoms with Crippen molar-refractivity contribution < 1.29 is 13.6 Å². The molecule has 2 fully saturated rings. The Morgan fingerprint density at radius 3 is 2.45 bits per heavy atom. The van der Waals surface area contributed by atoms with Gasteiger partial charge in [-0.15, -0.1) is 24.8 Å². The molecule has 2 rings (SSSR count). The summed E-state index contributed by atoms with van der Waals surface area (Å²) in [5.74, 6) is -3.06. The number of carbonyl (C=O) groups is 1. The smallest absolute Gasteiger partial charge is 0.262 e. The van der Waals surface area contributed by atoms with Crippen molar-refractivity contribution in [1.29, 1.82) is 0 Å². The SMILES string of the molecule is CN(CCNC(=O)C1CC(F)(F)CN1)C1CCCCC1.Cl.Cl. The Kier molecular flexibility index (Phi) is 9.78. The number of nitrogens with one attached hydrogen (secondary N) is 2. The lowest BCUT2D eigenvalue weighted by atomic mass is 9.94. The van der Waals surface area contributed by atoms with Crippen molar-refractivity contribution in [3.05, 3.63) is 0 Å². The van der Waals surface area contributed by atoms with Gasteiger partial charge in [-0.25, -0.2) is 8.78 Å². The van der Waals surface area contributed by atoms with Crippen molar-refractivity contribution in [2.45, 2.75) is 56.5 Å². The van der Waals surface area contributed by atoms with Crippen LogP contribution in [-0.4, -0.2) is 55.5 Å². The number of rotatable bonds is 5. The van der Waals surface area contributed by atoms with E-state index in [1.807, 2.05) is 0 Å². The first-order valence-corrected chi connectivity index (χ1v) is 7.57. The van der Waals surface area contributed by atoms with E-state index in [9.17, 15) is 13.6 Å². The lowest BCUT2D eigenvalue weighted by Crippen LogP contribution is -2.44. The van der Waals surface area contributed by atoms with Gasteiger partial charge < -0.3 is 10.2 Å². The van der Waals surface area contributed by atoms with E-state index in [0.717, 1.165) is 6.54 Å². The molecule has 1 aliphatic heterocycles. The van der Waals surface area contributed by atoms with E-state index in [1.165, 1.54) is 32.1 Å². The molecule has 2 aliphatic rings. The van der Waals surface area contributed by atoms with Crippen LogP contribution in [-0.2, 0) is 4.79 Å². The van der Waals surface area contributed by atoms with E-state index in [1.54, 1.807) is 0 Å². The Morgan fingerprint density at radius 1 is 1.27 bits per heavy atom. The average molecular weight is 362 g/mol.